The standard InChI is InChI=1S/C24H30O6/c1-17(2)29-23(25)21(27-15-19-11-7-5-8-12-19)22(24(26)30-18(3)4)28-16-20-13-9-6-10-14-20/h5-14,17-18,21-22H,15-16H2,1-4H3. The van der Waals surface area contributed by atoms with Crippen LogP contribution in [0.25, 0.3) is 0 Å². The molecule has 6 nitrogen and oxygen atoms in total. The van der Waals surface area contributed by atoms with Crippen LogP contribution >= 0.6 is 0 Å². The predicted octanol–water partition coefficient (Wildman–Crippen LogP) is 4.06. The van der Waals surface area contributed by atoms with E-state index in [-0.39, 0.29) is 25.4 Å². The quantitative estimate of drug-likeness (QED) is 0.517. The van der Waals surface area contributed by atoms with Crippen LogP contribution in [0.2, 0.25) is 0 Å². The van der Waals surface area contributed by atoms with Gasteiger partial charge < -0.3 is 18.9 Å². The van der Waals surface area contributed by atoms with Gasteiger partial charge in [-0.15, -0.1) is 0 Å². The Morgan fingerprint density at radius 1 is 0.633 bits per heavy atom. The summed E-state index contributed by atoms with van der Waals surface area (Å²) in [6.07, 6.45) is -3.25. The fourth-order valence-electron chi connectivity index (χ4n) is 2.68. The summed E-state index contributed by atoms with van der Waals surface area (Å²) >= 11 is 0. The van der Waals surface area contributed by atoms with Crippen LogP contribution in [0.3, 0.4) is 0 Å². The van der Waals surface area contributed by atoms with Crippen LogP contribution in [-0.2, 0) is 41.8 Å². The molecule has 2 unspecified atom stereocenters. The van der Waals surface area contributed by atoms with E-state index in [0.717, 1.165) is 11.1 Å². The van der Waals surface area contributed by atoms with Gasteiger partial charge in [-0.25, -0.2) is 9.59 Å². The van der Waals surface area contributed by atoms with Crippen LogP contribution in [0, 0.1) is 0 Å². The maximum atomic E-state index is 12.8. The lowest BCUT2D eigenvalue weighted by Crippen LogP contribution is -2.46. The highest BCUT2D eigenvalue weighted by molar-refractivity contribution is 5.85. The number of ether oxygens (including phenoxy) is 4. The van der Waals surface area contributed by atoms with Gasteiger partial charge in [0.2, 0.25) is 0 Å². The molecule has 162 valence electrons. The molecule has 0 aliphatic heterocycles. The molecule has 30 heavy (non-hydrogen) atoms. The van der Waals surface area contributed by atoms with Crippen molar-refractivity contribution in [3.8, 4) is 0 Å². The van der Waals surface area contributed by atoms with E-state index in [1.807, 2.05) is 60.7 Å². The predicted molar refractivity (Wildman–Crippen MR) is 112 cm³/mol. The highest BCUT2D eigenvalue weighted by atomic mass is 16.6. The third-order valence-corrected chi connectivity index (χ3v) is 3.99. The van der Waals surface area contributed by atoms with Gasteiger partial charge in [0, 0.05) is 0 Å². The molecule has 0 N–H and O–H groups in total. The lowest BCUT2D eigenvalue weighted by Gasteiger charge is -2.26. The first-order valence-corrected chi connectivity index (χ1v) is 10.1. The Kier molecular flexibility index (Phi) is 9.51. The van der Waals surface area contributed by atoms with E-state index in [1.54, 1.807) is 27.7 Å². The number of hydrogen-bond donors (Lipinski definition) is 0. The van der Waals surface area contributed by atoms with Crippen molar-refractivity contribution < 1.29 is 28.5 Å². The molecule has 0 aliphatic rings. The van der Waals surface area contributed by atoms with E-state index in [2.05, 4.69) is 0 Å². The van der Waals surface area contributed by atoms with E-state index < -0.39 is 24.1 Å². The summed E-state index contributed by atoms with van der Waals surface area (Å²) in [6, 6.07) is 18.8. The Morgan fingerprint density at radius 3 is 1.27 bits per heavy atom. The highest BCUT2D eigenvalue weighted by Crippen LogP contribution is 2.16. The first-order valence-electron chi connectivity index (χ1n) is 10.1. The molecule has 0 saturated heterocycles. The topological polar surface area (TPSA) is 71.1 Å². The van der Waals surface area contributed by atoms with Gasteiger partial charge in [0.1, 0.15) is 0 Å². The van der Waals surface area contributed by atoms with Crippen molar-refractivity contribution in [2.75, 3.05) is 0 Å². The number of esters is 2. The summed E-state index contributed by atoms with van der Waals surface area (Å²) < 4.78 is 22.4. The summed E-state index contributed by atoms with van der Waals surface area (Å²) in [4.78, 5) is 25.6. The molecule has 2 aromatic rings. The molecule has 0 radical (unpaired) electrons. The van der Waals surface area contributed by atoms with Crippen molar-refractivity contribution in [1.29, 1.82) is 0 Å². The molecule has 2 aromatic carbocycles. The zero-order valence-electron chi connectivity index (χ0n) is 17.9. The maximum Gasteiger partial charge on any atom is 0.338 e. The summed E-state index contributed by atoms with van der Waals surface area (Å²) in [5.74, 6) is -1.33. The van der Waals surface area contributed by atoms with Crippen LogP contribution < -0.4 is 0 Å². The SMILES string of the molecule is CC(C)OC(=O)C(OCc1ccccc1)C(OCc1ccccc1)C(=O)OC(C)C. The number of rotatable bonds is 11. The average molecular weight is 414 g/mol. The Bertz CT molecular complexity index is 705. The molecule has 2 rings (SSSR count). The minimum atomic E-state index is -1.26. The van der Waals surface area contributed by atoms with Gasteiger partial charge in [-0.2, -0.15) is 0 Å². The summed E-state index contributed by atoms with van der Waals surface area (Å²) in [7, 11) is 0. The van der Waals surface area contributed by atoms with Crippen LogP contribution in [0.1, 0.15) is 38.8 Å². The molecule has 2 atom stereocenters. The van der Waals surface area contributed by atoms with E-state index in [9.17, 15) is 9.59 Å². The fourth-order valence-corrected chi connectivity index (χ4v) is 2.68. The molecular weight excluding hydrogens is 384 g/mol. The van der Waals surface area contributed by atoms with Gasteiger partial charge in [0.15, 0.2) is 12.2 Å². The first kappa shape index (κ1) is 23.6. The van der Waals surface area contributed by atoms with Gasteiger partial charge in [0.25, 0.3) is 0 Å². The average Bonchev–Trinajstić information content (AvgIpc) is 2.70. The number of benzene rings is 2. The van der Waals surface area contributed by atoms with Gasteiger partial charge in [0.05, 0.1) is 25.4 Å². The van der Waals surface area contributed by atoms with Gasteiger partial charge in [-0.1, -0.05) is 60.7 Å². The molecular formula is C24H30O6. The van der Waals surface area contributed by atoms with E-state index >= 15 is 0 Å². The Balaban J connectivity index is 2.23. The molecule has 6 heteroatoms. The van der Waals surface area contributed by atoms with Gasteiger partial charge >= 0.3 is 11.9 Å². The first-order chi connectivity index (χ1) is 14.4. The van der Waals surface area contributed by atoms with Crippen LogP contribution in [0.4, 0.5) is 0 Å². The van der Waals surface area contributed by atoms with Crippen LogP contribution in [0.5, 0.6) is 0 Å². The van der Waals surface area contributed by atoms with Crippen LogP contribution in [-0.4, -0.2) is 36.4 Å². The second-order valence-corrected chi connectivity index (χ2v) is 7.41. The van der Waals surface area contributed by atoms with E-state index in [4.69, 9.17) is 18.9 Å². The third kappa shape index (κ3) is 7.97. The number of carbonyl (C=O) groups is 2. The van der Waals surface area contributed by atoms with Crippen molar-refractivity contribution >= 4 is 11.9 Å². The highest BCUT2D eigenvalue weighted by Gasteiger charge is 2.39. The number of hydrogen-bond acceptors (Lipinski definition) is 6. The van der Waals surface area contributed by atoms with Crippen molar-refractivity contribution in [1.82, 2.24) is 0 Å². The minimum Gasteiger partial charge on any atom is -0.461 e. The molecule has 0 amide bonds. The summed E-state index contributed by atoms with van der Waals surface area (Å²) in [6.45, 7) is 7.19. The number of carbonyl (C=O) groups excluding carboxylic acids is 2. The van der Waals surface area contributed by atoms with Crippen molar-refractivity contribution in [3.05, 3.63) is 71.8 Å². The van der Waals surface area contributed by atoms with Crippen molar-refractivity contribution in [2.45, 2.75) is 65.3 Å². The van der Waals surface area contributed by atoms with Crippen molar-refractivity contribution in [2.24, 2.45) is 0 Å². The normalized spacial score (nSPS) is 13.1. The zero-order valence-corrected chi connectivity index (χ0v) is 17.9. The summed E-state index contributed by atoms with van der Waals surface area (Å²) in [5, 5.41) is 0. The van der Waals surface area contributed by atoms with Crippen LogP contribution in [0.15, 0.2) is 60.7 Å². The molecule has 0 aliphatic carbocycles. The molecule has 0 heterocycles. The zero-order chi connectivity index (χ0) is 21.9. The maximum absolute atomic E-state index is 12.8. The summed E-state index contributed by atoms with van der Waals surface area (Å²) in [5.41, 5.74) is 1.72. The minimum absolute atomic E-state index is 0.124. The second kappa shape index (κ2) is 12.1. The third-order valence-electron chi connectivity index (χ3n) is 3.99. The largest absolute Gasteiger partial charge is 0.461 e. The lowest BCUT2D eigenvalue weighted by molar-refractivity contribution is -0.190. The molecule has 0 aromatic heterocycles. The lowest BCUT2D eigenvalue weighted by atomic mass is 10.1. The Labute approximate surface area is 178 Å². The molecule has 0 bridgehead atoms. The van der Waals surface area contributed by atoms with Gasteiger partial charge in [-0.05, 0) is 38.8 Å². The Morgan fingerprint density at radius 2 is 0.967 bits per heavy atom. The van der Waals surface area contributed by atoms with Crippen molar-refractivity contribution in [3.63, 3.8) is 0 Å². The smallest absolute Gasteiger partial charge is 0.338 e. The molecule has 0 spiro atoms. The Hall–Kier alpha value is -2.70. The monoisotopic (exact) mass is 414 g/mol. The van der Waals surface area contributed by atoms with Gasteiger partial charge in [-0.3, -0.25) is 0 Å². The second-order valence-electron chi connectivity index (χ2n) is 7.41. The molecule has 0 saturated carbocycles. The fraction of sp³-hybridized carbons (Fsp3) is 0.417. The van der Waals surface area contributed by atoms with E-state index in [1.165, 1.54) is 0 Å². The molecule has 0 fully saturated rings. The van der Waals surface area contributed by atoms with E-state index in [0.29, 0.717) is 0 Å².